The van der Waals surface area contributed by atoms with Crippen LogP contribution in [0.1, 0.15) is 29.8 Å². The standard InChI is InChI=1S/C22H25N3O2S/c1-3-25(4-2)13-12-23-21(26)17-10-11-19-18(15-17)24-22(27)20(28-19)14-16-8-6-5-7-9-16/h5-11,14-15H,3-4,12-13H2,1-2H3,(H,23,26)(H,24,27)/p+1. The minimum atomic E-state index is -0.149. The number of likely N-dealkylation sites (N-methyl/N-ethyl adjacent to an activating group) is 1. The van der Waals surface area contributed by atoms with Gasteiger partial charge in [0.25, 0.3) is 11.8 Å². The van der Waals surface area contributed by atoms with Gasteiger partial charge in [-0.15, -0.1) is 0 Å². The molecular formula is C22H26N3O2S+. The van der Waals surface area contributed by atoms with Crippen molar-refractivity contribution in [2.75, 3.05) is 31.5 Å². The molecule has 0 fully saturated rings. The van der Waals surface area contributed by atoms with Gasteiger partial charge in [-0.05, 0) is 43.7 Å². The van der Waals surface area contributed by atoms with Crippen LogP contribution in [-0.4, -0.2) is 38.0 Å². The Morgan fingerprint density at radius 1 is 1.14 bits per heavy atom. The lowest BCUT2D eigenvalue weighted by atomic mass is 10.1. The van der Waals surface area contributed by atoms with Crippen molar-refractivity contribution in [2.45, 2.75) is 18.7 Å². The van der Waals surface area contributed by atoms with Crippen molar-refractivity contribution >= 4 is 35.3 Å². The van der Waals surface area contributed by atoms with E-state index >= 15 is 0 Å². The van der Waals surface area contributed by atoms with Crippen molar-refractivity contribution in [1.29, 1.82) is 0 Å². The summed E-state index contributed by atoms with van der Waals surface area (Å²) < 4.78 is 0. The number of hydrogen-bond acceptors (Lipinski definition) is 3. The van der Waals surface area contributed by atoms with Gasteiger partial charge in [-0.1, -0.05) is 42.1 Å². The minimum Gasteiger partial charge on any atom is -0.346 e. The molecule has 1 heterocycles. The molecule has 0 atom stereocenters. The predicted octanol–water partition coefficient (Wildman–Crippen LogP) is 2.43. The molecule has 0 saturated carbocycles. The average Bonchev–Trinajstić information content (AvgIpc) is 2.72. The molecule has 0 bridgehead atoms. The number of hydrogen-bond donors (Lipinski definition) is 3. The third-order valence-electron chi connectivity index (χ3n) is 4.80. The quantitative estimate of drug-likeness (QED) is 0.630. The summed E-state index contributed by atoms with van der Waals surface area (Å²) in [4.78, 5) is 27.9. The fraction of sp³-hybridized carbons (Fsp3) is 0.273. The first-order valence-corrected chi connectivity index (χ1v) is 10.4. The third kappa shape index (κ3) is 5.03. The number of thioether (sulfide) groups is 1. The van der Waals surface area contributed by atoms with E-state index in [0.717, 1.165) is 30.1 Å². The maximum Gasteiger partial charge on any atom is 0.262 e. The lowest BCUT2D eigenvalue weighted by molar-refractivity contribution is -0.895. The summed E-state index contributed by atoms with van der Waals surface area (Å²) in [6.07, 6.45) is 1.87. The Morgan fingerprint density at radius 2 is 1.89 bits per heavy atom. The van der Waals surface area contributed by atoms with E-state index < -0.39 is 0 Å². The van der Waals surface area contributed by atoms with E-state index in [-0.39, 0.29) is 11.8 Å². The molecular weight excluding hydrogens is 370 g/mol. The molecule has 1 aliphatic heterocycles. The normalized spacial score (nSPS) is 14.7. The van der Waals surface area contributed by atoms with Gasteiger partial charge in [0.1, 0.15) is 0 Å². The van der Waals surface area contributed by atoms with E-state index in [1.165, 1.54) is 16.7 Å². The van der Waals surface area contributed by atoms with E-state index in [1.54, 1.807) is 6.07 Å². The maximum atomic E-state index is 12.5. The zero-order chi connectivity index (χ0) is 19.9. The average molecular weight is 397 g/mol. The Balaban J connectivity index is 1.67. The molecule has 5 nitrogen and oxygen atoms in total. The van der Waals surface area contributed by atoms with Crippen molar-refractivity contribution in [3.05, 3.63) is 64.6 Å². The summed E-state index contributed by atoms with van der Waals surface area (Å²) in [5.41, 5.74) is 2.22. The molecule has 0 saturated heterocycles. The summed E-state index contributed by atoms with van der Waals surface area (Å²) in [6.45, 7) is 7.93. The first-order valence-electron chi connectivity index (χ1n) is 9.62. The molecule has 2 amide bonds. The molecule has 0 aliphatic carbocycles. The van der Waals surface area contributed by atoms with Crippen LogP contribution in [-0.2, 0) is 4.79 Å². The minimum absolute atomic E-state index is 0.112. The largest absolute Gasteiger partial charge is 0.346 e. The van der Waals surface area contributed by atoms with Gasteiger partial charge in [-0.3, -0.25) is 9.59 Å². The number of nitrogens with one attached hydrogen (secondary N) is 3. The van der Waals surface area contributed by atoms with Crippen molar-refractivity contribution in [3.8, 4) is 0 Å². The van der Waals surface area contributed by atoms with Gasteiger partial charge in [0, 0.05) is 10.5 Å². The first-order chi connectivity index (χ1) is 13.6. The number of amides is 2. The monoisotopic (exact) mass is 396 g/mol. The summed E-state index contributed by atoms with van der Waals surface area (Å²) in [5.74, 6) is -0.261. The summed E-state index contributed by atoms with van der Waals surface area (Å²) >= 11 is 1.42. The van der Waals surface area contributed by atoms with Crippen LogP contribution < -0.4 is 15.5 Å². The molecule has 0 unspecified atom stereocenters. The number of benzene rings is 2. The molecule has 6 heteroatoms. The molecule has 2 aromatic rings. The van der Waals surface area contributed by atoms with Gasteiger partial charge >= 0.3 is 0 Å². The highest BCUT2D eigenvalue weighted by Crippen LogP contribution is 2.39. The van der Waals surface area contributed by atoms with Gasteiger partial charge in [0.2, 0.25) is 0 Å². The molecule has 0 radical (unpaired) electrons. The Morgan fingerprint density at radius 3 is 2.61 bits per heavy atom. The van der Waals surface area contributed by atoms with Crippen LogP contribution in [0, 0.1) is 0 Å². The summed E-state index contributed by atoms with van der Waals surface area (Å²) in [6, 6.07) is 15.2. The third-order valence-corrected chi connectivity index (χ3v) is 5.89. The van der Waals surface area contributed by atoms with Gasteiger partial charge in [0.05, 0.1) is 36.8 Å². The maximum absolute atomic E-state index is 12.5. The van der Waals surface area contributed by atoms with E-state index in [0.29, 0.717) is 22.7 Å². The molecule has 3 rings (SSSR count). The summed E-state index contributed by atoms with van der Waals surface area (Å²) in [5, 5.41) is 5.87. The number of quaternary nitrogens is 1. The van der Waals surface area contributed by atoms with Gasteiger partial charge < -0.3 is 15.5 Å². The highest BCUT2D eigenvalue weighted by atomic mass is 32.2. The second-order valence-electron chi connectivity index (χ2n) is 6.65. The second-order valence-corrected chi connectivity index (χ2v) is 7.73. The molecule has 28 heavy (non-hydrogen) atoms. The van der Waals surface area contributed by atoms with Gasteiger partial charge in [-0.2, -0.15) is 0 Å². The summed E-state index contributed by atoms with van der Waals surface area (Å²) in [7, 11) is 0. The van der Waals surface area contributed by atoms with Crippen LogP contribution in [0.3, 0.4) is 0 Å². The van der Waals surface area contributed by atoms with Gasteiger partial charge in [0.15, 0.2) is 0 Å². The van der Waals surface area contributed by atoms with E-state index in [9.17, 15) is 9.59 Å². The number of carbonyl (C=O) groups excluding carboxylic acids is 2. The first kappa shape index (κ1) is 20.2. The Hall–Kier alpha value is -2.57. The Labute approximate surface area is 170 Å². The second kappa shape index (κ2) is 9.57. The zero-order valence-electron chi connectivity index (χ0n) is 16.2. The van der Waals surface area contributed by atoms with Crippen LogP contribution in [0.5, 0.6) is 0 Å². The van der Waals surface area contributed by atoms with Crippen molar-refractivity contribution < 1.29 is 14.5 Å². The highest BCUT2D eigenvalue weighted by Gasteiger charge is 2.22. The SMILES string of the molecule is CC[NH+](CC)CCNC(=O)c1ccc2c(c1)NC(=O)C(=Cc1ccccc1)S2. The van der Waals surface area contributed by atoms with Crippen molar-refractivity contribution in [2.24, 2.45) is 0 Å². The number of anilines is 1. The predicted molar refractivity (Wildman–Crippen MR) is 115 cm³/mol. The number of rotatable bonds is 7. The van der Waals surface area contributed by atoms with E-state index in [4.69, 9.17) is 0 Å². The lowest BCUT2D eigenvalue weighted by Gasteiger charge is -2.19. The smallest absolute Gasteiger partial charge is 0.262 e. The van der Waals surface area contributed by atoms with Gasteiger partial charge in [-0.25, -0.2) is 0 Å². The van der Waals surface area contributed by atoms with E-state index in [2.05, 4.69) is 24.5 Å². The van der Waals surface area contributed by atoms with Crippen molar-refractivity contribution in [3.63, 3.8) is 0 Å². The van der Waals surface area contributed by atoms with Crippen LogP contribution in [0.4, 0.5) is 5.69 Å². The zero-order valence-corrected chi connectivity index (χ0v) is 17.1. The van der Waals surface area contributed by atoms with Crippen LogP contribution in [0.25, 0.3) is 6.08 Å². The van der Waals surface area contributed by atoms with Crippen molar-refractivity contribution in [1.82, 2.24) is 5.32 Å². The molecule has 0 aromatic heterocycles. The molecule has 2 aromatic carbocycles. The number of fused-ring (bicyclic) bond motifs is 1. The number of carbonyl (C=O) groups is 2. The van der Waals surface area contributed by atoms with Crippen LogP contribution >= 0.6 is 11.8 Å². The Bertz CT molecular complexity index is 877. The lowest BCUT2D eigenvalue weighted by Crippen LogP contribution is -3.12. The topological polar surface area (TPSA) is 62.6 Å². The van der Waals surface area contributed by atoms with Crippen LogP contribution in [0.15, 0.2) is 58.3 Å². The highest BCUT2D eigenvalue weighted by molar-refractivity contribution is 8.04. The Kier molecular flexibility index (Phi) is 6.90. The van der Waals surface area contributed by atoms with E-state index in [1.807, 2.05) is 48.5 Å². The molecule has 0 spiro atoms. The molecule has 3 N–H and O–H groups in total. The fourth-order valence-corrected chi connectivity index (χ4v) is 3.99. The van der Waals surface area contributed by atoms with Crippen LogP contribution in [0.2, 0.25) is 0 Å². The molecule has 1 aliphatic rings. The molecule has 146 valence electrons. The fourth-order valence-electron chi connectivity index (χ4n) is 3.06.